The number of halogens is 1. The summed E-state index contributed by atoms with van der Waals surface area (Å²) in [5.74, 6) is -0.305. The highest BCUT2D eigenvalue weighted by molar-refractivity contribution is 7.85. The molecule has 3 aromatic rings. The third kappa shape index (κ3) is 4.00. The van der Waals surface area contributed by atoms with E-state index in [1.807, 2.05) is 18.2 Å². The van der Waals surface area contributed by atoms with Crippen LogP contribution in [0.5, 0.6) is 5.75 Å². The summed E-state index contributed by atoms with van der Waals surface area (Å²) >= 11 is 0. The van der Waals surface area contributed by atoms with Gasteiger partial charge in [-0.15, -0.1) is 0 Å². The van der Waals surface area contributed by atoms with Gasteiger partial charge in [0, 0.05) is 11.6 Å². The third-order valence-electron chi connectivity index (χ3n) is 2.72. The highest BCUT2D eigenvalue weighted by Crippen LogP contribution is 2.20. The summed E-state index contributed by atoms with van der Waals surface area (Å²) in [6, 6.07) is 13.0. The Balaban J connectivity index is 0.000000160. The fourth-order valence-electron chi connectivity index (χ4n) is 1.69. The van der Waals surface area contributed by atoms with Crippen molar-refractivity contribution in [2.45, 2.75) is 4.90 Å². The molecule has 0 aliphatic carbocycles. The molecule has 5 nitrogen and oxygen atoms in total. The SMILES string of the molecule is O=S(=O)(O)c1ccc(F)cc1.Oc1cccc2cccnc12. The lowest BCUT2D eigenvalue weighted by Gasteiger charge is -1.96. The lowest BCUT2D eigenvalue weighted by atomic mass is 10.2. The highest BCUT2D eigenvalue weighted by Gasteiger charge is 2.07. The van der Waals surface area contributed by atoms with Gasteiger partial charge in [0.2, 0.25) is 0 Å². The number of hydrogen-bond donors (Lipinski definition) is 2. The van der Waals surface area contributed by atoms with E-state index >= 15 is 0 Å². The molecule has 0 bridgehead atoms. The van der Waals surface area contributed by atoms with E-state index in [-0.39, 0.29) is 10.6 Å². The number of phenolic OH excluding ortho intramolecular Hbond substituents is 1. The van der Waals surface area contributed by atoms with Crippen molar-refractivity contribution in [1.29, 1.82) is 0 Å². The third-order valence-corrected chi connectivity index (χ3v) is 3.59. The van der Waals surface area contributed by atoms with Crippen LogP contribution in [0.3, 0.4) is 0 Å². The van der Waals surface area contributed by atoms with Crippen LogP contribution in [0.2, 0.25) is 0 Å². The zero-order valence-corrected chi connectivity index (χ0v) is 12.0. The first kappa shape index (κ1) is 15.9. The standard InChI is InChI=1S/C9H7NO.C6H5FO3S/c11-8-5-1-3-7-4-2-6-10-9(7)8;7-5-1-3-6(4-2-5)11(8,9)10/h1-6,11H;1-4H,(H,8,9,10). The van der Waals surface area contributed by atoms with E-state index in [0.29, 0.717) is 5.52 Å². The maximum Gasteiger partial charge on any atom is 0.294 e. The molecule has 0 saturated heterocycles. The molecule has 2 N–H and O–H groups in total. The number of phenols is 1. The molecule has 7 heteroatoms. The summed E-state index contributed by atoms with van der Waals surface area (Å²) in [5.41, 5.74) is 0.662. The Kier molecular flexibility index (Phi) is 4.69. The van der Waals surface area contributed by atoms with Crippen molar-refractivity contribution >= 4 is 21.0 Å². The van der Waals surface area contributed by atoms with E-state index in [2.05, 4.69) is 4.98 Å². The molecule has 0 radical (unpaired) electrons. The molecule has 2 aromatic carbocycles. The first-order valence-corrected chi connectivity index (χ1v) is 7.58. The van der Waals surface area contributed by atoms with Gasteiger partial charge in [0.1, 0.15) is 17.1 Å². The Morgan fingerprint density at radius 1 is 0.955 bits per heavy atom. The molecule has 0 aliphatic heterocycles. The molecule has 3 rings (SSSR count). The predicted octanol–water partition coefficient (Wildman–Crippen LogP) is 3.01. The second kappa shape index (κ2) is 6.50. The van der Waals surface area contributed by atoms with Crippen molar-refractivity contribution in [2.24, 2.45) is 0 Å². The van der Waals surface area contributed by atoms with Gasteiger partial charge in [-0.25, -0.2) is 4.39 Å². The average Bonchev–Trinajstić information content (AvgIpc) is 2.48. The lowest BCUT2D eigenvalue weighted by Crippen LogP contribution is -1.97. The zero-order valence-electron chi connectivity index (χ0n) is 11.2. The fraction of sp³-hybridized carbons (Fsp3) is 0. The highest BCUT2D eigenvalue weighted by atomic mass is 32.2. The van der Waals surface area contributed by atoms with Crippen molar-refractivity contribution in [2.75, 3.05) is 0 Å². The molecule has 0 fully saturated rings. The molecule has 0 atom stereocenters. The minimum absolute atomic E-state index is 0.239. The lowest BCUT2D eigenvalue weighted by molar-refractivity contribution is 0.480. The number of aromatic nitrogens is 1. The Morgan fingerprint density at radius 2 is 1.59 bits per heavy atom. The molecule has 22 heavy (non-hydrogen) atoms. The van der Waals surface area contributed by atoms with E-state index in [1.165, 1.54) is 0 Å². The first-order valence-electron chi connectivity index (χ1n) is 6.14. The number of pyridine rings is 1. The van der Waals surface area contributed by atoms with Gasteiger partial charge in [-0.05, 0) is 36.4 Å². The van der Waals surface area contributed by atoms with Crippen LogP contribution in [0.4, 0.5) is 4.39 Å². The van der Waals surface area contributed by atoms with Gasteiger partial charge in [0.15, 0.2) is 0 Å². The number of aromatic hydroxyl groups is 1. The molecule has 0 saturated carbocycles. The van der Waals surface area contributed by atoms with E-state index in [0.717, 1.165) is 29.7 Å². The number of rotatable bonds is 1. The minimum atomic E-state index is -4.19. The van der Waals surface area contributed by atoms with Crippen LogP contribution in [0.15, 0.2) is 65.7 Å². The monoisotopic (exact) mass is 321 g/mol. The number of fused-ring (bicyclic) bond motifs is 1. The first-order chi connectivity index (χ1) is 10.4. The van der Waals surface area contributed by atoms with Gasteiger partial charge in [0.25, 0.3) is 10.1 Å². The molecule has 114 valence electrons. The van der Waals surface area contributed by atoms with Crippen LogP contribution in [0, 0.1) is 5.82 Å². The number of nitrogens with zero attached hydrogens (tertiary/aromatic N) is 1. The summed E-state index contributed by atoms with van der Waals surface area (Å²) in [6.45, 7) is 0. The Bertz CT molecular complexity index is 874. The molecular weight excluding hydrogens is 309 g/mol. The molecule has 0 spiro atoms. The summed E-state index contributed by atoms with van der Waals surface area (Å²) in [6.07, 6.45) is 1.67. The Hall–Kier alpha value is -2.51. The largest absolute Gasteiger partial charge is 0.506 e. The van der Waals surface area contributed by atoms with Crippen molar-refractivity contribution < 1.29 is 22.5 Å². The molecular formula is C15H12FNO4S. The predicted molar refractivity (Wildman–Crippen MR) is 79.6 cm³/mol. The zero-order chi connectivity index (χ0) is 16.2. The van der Waals surface area contributed by atoms with E-state index < -0.39 is 15.9 Å². The van der Waals surface area contributed by atoms with Gasteiger partial charge < -0.3 is 5.11 Å². The van der Waals surface area contributed by atoms with Crippen LogP contribution in [0.1, 0.15) is 0 Å². The van der Waals surface area contributed by atoms with Crippen LogP contribution in [-0.4, -0.2) is 23.1 Å². The van der Waals surface area contributed by atoms with E-state index in [4.69, 9.17) is 4.55 Å². The Morgan fingerprint density at radius 3 is 2.18 bits per heavy atom. The van der Waals surface area contributed by atoms with Crippen LogP contribution >= 0.6 is 0 Å². The topological polar surface area (TPSA) is 87.5 Å². The average molecular weight is 321 g/mol. The number of hydrogen-bond acceptors (Lipinski definition) is 4. The number of benzene rings is 2. The van der Waals surface area contributed by atoms with Crippen molar-refractivity contribution in [3.63, 3.8) is 0 Å². The molecule has 1 aromatic heterocycles. The molecule has 0 amide bonds. The summed E-state index contributed by atoms with van der Waals surface area (Å²) in [7, 11) is -4.19. The van der Waals surface area contributed by atoms with Gasteiger partial charge in [0.05, 0.1) is 4.90 Å². The fourth-order valence-corrected chi connectivity index (χ4v) is 2.17. The van der Waals surface area contributed by atoms with Crippen molar-refractivity contribution in [3.8, 4) is 5.75 Å². The van der Waals surface area contributed by atoms with Gasteiger partial charge in [-0.3, -0.25) is 9.54 Å². The van der Waals surface area contributed by atoms with Crippen molar-refractivity contribution in [1.82, 2.24) is 4.98 Å². The van der Waals surface area contributed by atoms with Gasteiger partial charge >= 0.3 is 0 Å². The second-order valence-corrected chi connectivity index (χ2v) is 5.70. The van der Waals surface area contributed by atoms with E-state index in [1.54, 1.807) is 18.3 Å². The summed E-state index contributed by atoms with van der Waals surface area (Å²) < 4.78 is 41.4. The second-order valence-electron chi connectivity index (χ2n) is 4.28. The smallest absolute Gasteiger partial charge is 0.294 e. The summed E-state index contributed by atoms with van der Waals surface area (Å²) in [4.78, 5) is 3.72. The van der Waals surface area contributed by atoms with E-state index in [9.17, 15) is 17.9 Å². The minimum Gasteiger partial charge on any atom is -0.506 e. The molecule has 0 unspecified atom stereocenters. The van der Waals surface area contributed by atoms with Crippen LogP contribution in [-0.2, 0) is 10.1 Å². The van der Waals surface area contributed by atoms with Crippen LogP contribution < -0.4 is 0 Å². The normalized spacial score (nSPS) is 10.8. The van der Waals surface area contributed by atoms with Gasteiger partial charge in [-0.1, -0.05) is 18.2 Å². The van der Waals surface area contributed by atoms with Gasteiger partial charge in [-0.2, -0.15) is 8.42 Å². The Labute approximate surface area is 126 Å². The number of para-hydroxylation sites is 1. The molecule has 1 heterocycles. The quantitative estimate of drug-likeness (QED) is 0.673. The van der Waals surface area contributed by atoms with Crippen LogP contribution in [0.25, 0.3) is 10.9 Å². The molecule has 0 aliphatic rings. The van der Waals surface area contributed by atoms with Crippen molar-refractivity contribution in [3.05, 3.63) is 66.6 Å². The maximum absolute atomic E-state index is 12.2. The maximum atomic E-state index is 12.2. The summed E-state index contributed by atoms with van der Waals surface area (Å²) in [5, 5.41) is 10.3.